The van der Waals surface area contributed by atoms with Crippen molar-refractivity contribution in [1.29, 1.82) is 0 Å². The predicted octanol–water partition coefficient (Wildman–Crippen LogP) is 2.59. The summed E-state index contributed by atoms with van der Waals surface area (Å²) in [5.74, 6) is -0.312. The SMILES string of the molecule is CC(C(=O)NC(C)(CN)C1CC1)c1cccc(F)c1.Cl. The average Bonchev–Trinajstić information content (AvgIpc) is 3.22. The van der Waals surface area contributed by atoms with Crippen molar-refractivity contribution in [3.63, 3.8) is 0 Å². The molecule has 3 nitrogen and oxygen atoms in total. The van der Waals surface area contributed by atoms with Crippen LogP contribution in [0.5, 0.6) is 0 Å². The van der Waals surface area contributed by atoms with E-state index in [2.05, 4.69) is 5.32 Å². The van der Waals surface area contributed by atoms with Crippen LogP contribution < -0.4 is 11.1 Å². The highest BCUT2D eigenvalue weighted by molar-refractivity contribution is 5.85. The van der Waals surface area contributed by atoms with Crippen molar-refractivity contribution in [2.75, 3.05) is 6.54 Å². The van der Waals surface area contributed by atoms with Crippen molar-refractivity contribution in [3.05, 3.63) is 35.6 Å². The van der Waals surface area contributed by atoms with E-state index in [-0.39, 0.29) is 35.6 Å². The Hall–Kier alpha value is -1.13. The van der Waals surface area contributed by atoms with E-state index < -0.39 is 0 Å². The van der Waals surface area contributed by atoms with Gasteiger partial charge in [-0.05, 0) is 50.3 Å². The van der Waals surface area contributed by atoms with Gasteiger partial charge in [-0.15, -0.1) is 12.4 Å². The Kier molecular flexibility index (Phi) is 5.54. The first-order valence-electron chi connectivity index (χ1n) is 6.74. The zero-order chi connectivity index (χ0) is 14.0. The summed E-state index contributed by atoms with van der Waals surface area (Å²) in [7, 11) is 0. The molecule has 2 rings (SSSR count). The second kappa shape index (κ2) is 6.55. The Balaban J connectivity index is 0.00000200. The Morgan fingerprint density at radius 3 is 2.70 bits per heavy atom. The van der Waals surface area contributed by atoms with E-state index in [0.717, 1.165) is 12.8 Å². The highest BCUT2D eigenvalue weighted by Gasteiger charge is 2.42. The molecule has 1 fully saturated rings. The lowest BCUT2D eigenvalue weighted by atomic mass is 9.93. The van der Waals surface area contributed by atoms with Crippen LogP contribution in [-0.4, -0.2) is 18.0 Å². The van der Waals surface area contributed by atoms with Crippen molar-refractivity contribution in [1.82, 2.24) is 5.32 Å². The minimum Gasteiger partial charge on any atom is -0.349 e. The summed E-state index contributed by atoms with van der Waals surface area (Å²) in [5, 5.41) is 3.04. The molecule has 1 amide bonds. The molecule has 112 valence electrons. The van der Waals surface area contributed by atoms with Crippen molar-refractivity contribution >= 4 is 18.3 Å². The van der Waals surface area contributed by atoms with Gasteiger partial charge < -0.3 is 11.1 Å². The van der Waals surface area contributed by atoms with Gasteiger partial charge in [0, 0.05) is 6.54 Å². The number of hydrogen-bond donors (Lipinski definition) is 2. The molecule has 3 N–H and O–H groups in total. The van der Waals surface area contributed by atoms with Crippen LogP contribution in [0.25, 0.3) is 0 Å². The summed E-state index contributed by atoms with van der Waals surface area (Å²) in [6, 6.07) is 6.17. The smallest absolute Gasteiger partial charge is 0.227 e. The highest BCUT2D eigenvalue weighted by atomic mass is 35.5. The van der Waals surface area contributed by atoms with Crippen molar-refractivity contribution in [2.45, 2.75) is 38.1 Å². The minimum atomic E-state index is -0.375. The third-order valence-electron chi connectivity index (χ3n) is 4.05. The lowest BCUT2D eigenvalue weighted by Crippen LogP contribution is -2.54. The third kappa shape index (κ3) is 3.70. The molecule has 0 spiro atoms. The molecule has 0 aromatic heterocycles. The molecule has 0 bridgehead atoms. The maximum absolute atomic E-state index is 13.2. The average molecular weight is 301 g/mol. The van der Waals surface area contributed by atoms with Gasteiger partial charge in [-0.3, -0.25) is 4.79 Å². The number of carbonyl (C=O) groups excluding carboxylic acids is 1. The van der Waals surface area contributed by atoms with Crippen LogP contribution in [0.3, 0.4) is 0 Å². The van der Waals surface area contributed by atoms with Crippen LogP contribution >= 0.6 is 12.4 Å². The van der Waals surface area contributed by atoms with Gasteiger partial charge in [0.05, 0.1) is 11.5 Å². The summed E-state index contributed by atoms with van der Waals surface area (Å²) in [5.41, 5.74) is 6.14. The summed E-state index contributed by atoms with van der Waals surface area (Å²) < 4.78 is 13.2. The van der Waals surface area contributed by atoms with Gasteiger partial charge in [0.15, 0.2) is 0 Å². The van der Waals surface area contributed by atoms with Crippen LogP contribution in [0.1, 0.15) is 38.2 Å². The molecule has 1 aliphatic carbocycles. The number of halogens is 2. The van der Waals surface area contributed by atoms with E-state index in [9.17, 15) is 9.18 Å². The van der Waals surface area contributed by atoms with E-state index in [1.807, 2.05) is 6.92 Å². The number of hydrogen-bond acceptors (Lipinski definition) is 2. The molecule has 1 aliphatic rings. The number of rotatable bonds is 5. The fourth-order valence-electron chi connectivity index (χ4n) is 2.36. The Morgan fingerprint density at radius 1 is 1.55 bits per heavy atom. The van der Waals surface area contributed by atoms with E-state index in [4.69, 9.17) is 5.73 Å². The molecule has 2 atom stereocenters. The molecular formula is C15H22ClFN2O. The number of nitrogens with two attached hydrogens (primary N) is 1. The fraction of sp³-hybridized carbons (Fsp3) is 0.533. The maximum Gasteiger partial charge on any atom is 0.227 e. The standard InChI is InChI=1S/C15H21FN2O.ClH/c1-10(11-4-3-5-13(16)8-11)14(19)18-15(2,9-17)12-6-7-12;/h3-5,8,10,12H,6-7,9,17H2,1-2H3,(H,18,19);1H. The monoisotopic (exact) mass is 300 g/mol. The van der Waals surface area contributed by atoms with Gasteiger partial charge in [0.2, 0.25) is 5.91 Å². The van der Waals surface area contributed by atoms with Crippen LogP contribution in [-0.2, 0) is 4.79 Å². The molecule has 1 saturated carbocycles. The number of nitrogens with one attached hydrogen (secondary N) is 1. The molecule has 5 heteroatoms. The quantitative estimate of drug-likeness (QED) is 0.878. The molecule has 1 aromatic carbocycles. The Labute approximate surface area is 125 Å². The van der Waals surface area contributed by atoms with Gasteiger partial charge in [0.1, 0.15) is 5.82 Å². The summed E-state index contributed by atoms with van der Waals surface area (Å²) in [6.07, 6.45) is 2.23. The third-order valence-corrected chi connectivity index (χ3v) is 4.05. The fourth-order valence-corrected chi connectivity index (χ4v) is 2.36. The van der Waals surface area contributed by atoms with Crippen LogP contribution in [0.15, 0.2) is 24.3 Å². The second-order valence-electron chi connectivity index (χ2n) is 5.66. The van der Waals surface area contributed by atoms with Crippen LogP contribution in [0, 0.1) is 11.7 Å². The van der Waals surface area contributed by atoms with Crippen molar-refractivity contribution in [2.24, 2.45) is 11.7 Å². The second-order valence-corrected chi connectivity index (χ2v) is 5.66. The zero-order valence-corrected chi connectivity index (χ0v) is 12.7. The Bertz CT molecular complexity index is 479. The molecule has 20 heavy (non-hydrogen) atoms. The summed E-state index contributed by atoms with van der Waals surface area (Å²) >= 11 is 0. The van der Waals surface area contributed by atoms with Crippen LogP contribution in [0.2, 0.25) is 0 Å². The first-order valence-corrected chi connectivity index (χ1v) is 6.74. The lowest BCUT2D eigenvalue weighted by Gasteiger charge is -2.31. The van der Waals surface area contributed by atoms with Gasteiger partial charge in [-0.2, -0.15) is 0 Å². The molecule has 0 saturated heterocycles. The van der Waals surface area contributed by atoms with E-state index in [1.54, 1.807) is 19.1 Å². The van der Waals surface area contributed by atoms with Gasteiger partial charge >= 0.3 is 0 Å². The lowest BCUT2D eigenvalue weighted by molar-refractivity contribution is -0.124. The number of amides is 1. The first-order chi connectivity index (χ1) is 8.96. The topological polar surface area (TPSA) is 55.1 Å². The zero-order valence-electron chi connectivity index (χ0n) is 11.9. The molecule has 2 unspecified atom stereocenters. The maximum atomic E-state index is 13.2. The largest absolute Gasteiger partial charge is 0.349 e. The predicted molar refractivity (Wildman–Crippen MR) is 80.4 cm³/mol. The first kappa shape index (κ1) is 16.9. The summed E-state index contributed by atoms with van der Waals surface area (Å²) in [4.78, 5) is 12.3. The molecule has 1 aromatic rings. The van der Waals surface area contributed by atoms with E-state index in [1.165, 1.54) is 12.1 Å². The number of benzene rings is 1. The minimum absolute atomic E-state index is 0. The van der Waals surface area contributed by atoms with Gasteiger partial charge in [0.25, 0.3) is 0 Å². The van der Waals surface area contributed by atoms with E-state index >= 15 is 0 Å². The molecule has 0 aliphatic heterocycles. The van der Waals surface area contributed by atoms with Crippen molar-refractivity contribution < 1.29 is 9.18 Å². The molecular weight excluding hydrogens is 279 g/mol. The van der Waals surface area contributed by atoms with E-state index in [0.29, 0.717) is 18.0 Å². The molecule has 0 heterocycles. The summed E-state index contributed by atoms with van der Waals surface area (Å²) in [6.45, 7) is 4.20. The van der Waals surface area contributed by atoms with Crippen LogP contribution in [0.4, 0.5) is 4.39 Å². The molecule has 0 radical (unpaired) electrons. The van der Waals surface area contributed by atoms with Gasteiger partial charge in [-0.1, -0.05) is 12.1 Å². The highest BCUT2D eigenvalue weighted by Crippen LogP contribution is 2.39. The van der Waals surface area contributed by atoms with Crippen molar-refractivity contribution in [3.8, 4) is 0 Å². The normalized spacial score (nSPS) is 18.6. The number of carbonyl (C=O) groups is 1. The van der Waals surface area contributed by atoms with Gasteiger partial charge in [-0.25, -0.2) is 4.39 Å². The Morgan fingerprint density at radius 2 is 2.20 bits per heavy atom.